The van der Waals surface area contributed by atoms with Gasteiger partial charge in [-0.15, -0.1) is 0 Å². The summed E-state index contributed by atoms with van der Waals surface area (Å²) in [7, 11) is 0. The topological polar surface area (TPSA) is 63.8 Å². The average molecular weight is 184 g/mol. The van der Waals surface area contributed by atoms with Gasteiger partial charge in [0.15, 0.2) is 11.6 Å². The van der Waals surface area contributed by atoms with E-state index < -0.39 is 5.82 Å². The third-order valence-electron chi connectivity index (χ3n) is 1.76. The molecule has 0 amide bonds. The molecule has 1 aromatic rings. The molecule has 0 saturated heterocycles. The monoisotopic (exact) mass is 184 g/mol. The number of hydrogen-bond acceptors (Lipinski definition) is 4. The molecule has 1 unspecified atom stereocenters. The highest BCUT2D eigenvalue weighted by molar-refractivity contribution is 5.36. The Morgan fingerprint density at radius 3 is 2.92 bits per heavy atom. The molecule has 0 spiro atoms. The van der Waals surface area contributed by atoms with Crippen molar-refractivity contribution in [2.75, 3.05) is 11.1 Å². The van der Waals surface area contributed by atoms with E-state index in [4.69, 9.17) is 5.73 Å². The molecule has 5 heteroatoms. The van der Waals surface area contributed by atoms with Gasteiger partial charge in [0.2, 0.25) is 5.95 Å². The molecule has 0 saturated carbocycles. The highest BCUT2D eigenvalue weighted by atomic mass is 19.1. The zero-order chi connectivity index (χ0) is 9.84. The van der Waals surface area contributed by atoms with Gasteiger partial charge in [-0.1, -0.05) is 6.92 Å². The molecule has 0 radical (unpaired) electrons. The minimum atomic E-state index is -0.588. The van der Waals surface area contributed by atoms with Gasteiger partial charge >= 0.3 is 0 Å². The van der Waals surface area contributed by atoms with Crippen LogP contribution in [0.15, 0.2) is 6.20 Å². The lowest BCUT2D eigenvalue weighted by Crippen LogP contribution is -2.16. The second kappa shape index (κ2) is 4.02. The minimum absolute atomic E-state index is 0.124. The van der Waals surface area contributed by atoms with Crippen LogP contribution < -0.4 is 11.1 Å². The normalized spacial score (nSPS) is 12.5. The van der Waals surface area contributed by atoms with Crippen LogP contribution in [-0.4, -0.2) is 16.0 Å². The quantitative estimate of drug-likeness (QED) is 0.745. The average Bonchev–Trinajstić information content (AvgIpc) is 2.11. The van der Waals surface area contributed by atoms with E-state index in [0.717, 1.165) is 12.6 Å². The van der Waals surface area contributed by atoms with Gasteiger partial charge in [0.25, 0.3) is 0 Å². The Hall–Kier alpha value is -1.39. The molecule has 0 fully saturated rings. The fourth-order valence-corrected chi connectivity index (χ4v) is 0.772. The van der Waals surface area contributed by atoms with Crippen molar-refractivity contribution in [2.24, 2.45) is 0 Å². The molecule has 1 heterocycles. The maximum Gasteiger partial charge on any atom is 0.224 e. The fourth-order valence-electron chi connectivity index (χ4n) is 0.772. The van der Waals surface area contributed by atoms with Gasteiger partial charge in [0.1, 0.15) is 0 Å². The van der Waals surface area contributed by atoms with Gasteiger partial charge < -0.3 is 11.1 Å². The smallest absolute Gasteiger partial charge is 0.224 e. The first kappa shape index (κ1) is 9.70. The Labute approximate surface area is 76.4 Å². The first-order valence-electron chi connectivity index (χ1n) is 4.18. The van der Waals surface area contributed by atoms with Crippen LogP contribution in [0.2, 0.25) is 0 Å². The summed E-state index contributed by atoms with van der Waals surface area (Å²) in [5.41, 5.74) is 5.27. The molecular formula is C8H13FN4. The van der Waals surface area contributed by atoms with Crippen LogP contribution in [0.4, 0.5) is 16.2 Å². The summed E-state index contributed by atoms with van der Waals surface area (Å²) in [6.07, 6.45) is 2.01. The third-order valence-corrected chi connectivity index (χ3v) is 1.76. The Morgan fingerprint density at radius 2 is 2.38 bits per heavy atom. The number of nitrogens with zero attached hydrogens (tertiary/aromatic N) is 2. The van der Waals surface area contributed by atoms with Gasteiger partial charge in [-0.25, -0.2) is 9.37 Å². The second-order valence-electron chi connectivity index (χ2n) is 2.88. The van der Waals surface area contributed by atoms with E-state index in [-0.39, 0.29) is 11.9 Å². The van der Waals surface area contributed by atoms with E-state index in [1.54, 1.807) is 0 Å². The highest BCUT2D eigenvalue weighted by Crippen LogP contribution is 2.08. The number of rotatable bonds is 3. The minimum Gasteiger partial charge on any atom is -0.381 e. The number of aromatic nitrogens is 2. The summed E-state index contributed by atoms with van der Waals surface area (Å²) in [5.74, 6) is -0.344. The van der Waals surface area contributed by atoms with Crippen molar-refractivity contribution in [3.05, 3.63) is 12.0 Å². The Bertz CT molecular complexity index is 289. The van der Waals surface area contributed by atoms with Crippen LogP contribution in [0.1, 0.15) is 20.3 Å². The van der Waals surface area contributed by atoms with E-state index in [1.807, 2.05) is 13.8 Å². The number of nitrogens with one attached hydrogen (secondary N) is 1. The van der Waals surface area contributed by atoms with Crippen LogP contribution in [0, 0.1) is 5.82 Å². The lowest BCUT2D eigenvalue weighted by Gasteiger charge is -2.10. The largest absolute Gasteiger partial charge is 0.381 e. The predicted molar refractivity (Wildman–Crippen MR) is 49.8 cm³/mol. The number of halogens is 1. The molecule has 0 aliphatic rings. The lowest BCUT2D eigenvalue weighted by molar-refractivity contribution is 0.619. The fraction of sp³-hybridized carbons (Fsp3) is 0.500. The molecular weight excluding hydrogens is 171 g/mol. The first-order chi connectivity index (χ1) is 6.13. The number of anilines is 2. The van der Waals surface area contributed by atoms with E-state index in [1.165, 1.54) is 0 Å². The number of hydrogen-bond donors (Lipinski definition) is 2. The molecule has 0 bridgehead atoms. The van der Waals surface area contributed by atoms with Gasteiger partial charge in [0.05, 0.1) is 6.20 Å². The molecule has 3 N–H and O–H groups in total. The van der Waals surface area contributed by atoms with Gasteiger partial charge in [-0.05, 0) is 13.3 Å². The van der Waals surface area contributed by atoms with E-state index >= 15 is 0 Å². The lowest BCUT2D eigenvalue weighted by atomic mass is 10.3. The van der Waals surface area contributed by atoms with Crippen LogP contribution in [0.3, 0.4) is 0 Å². The second-order valence-corrected chi connectivity index (χ2v) is 2.88. The molecule has 0 aromatic carbocycles. The van der Waals surface area contributed by atoms with Gasteiger partial charge in [0, 0.05) is 6.04 Å². The molecule has 1 aromatic heterocycles. The molecule has 1 atom stereocenters. The number of nitrogens with two attached hydrogens (primary N) is 1. The SMILES string of the molecule is CCC(C)Nc1ncc(F)c(N)n1. The summed E-state index contributed by atoms with van der Waals surface area (Å²) in [6.45, 7) is 4.02. The predicted octanol–water partition coefficient (Wildman–Crippen LogP) is 1.41. The summed E-state index contributed by atoms with van der Waals surface area (Å²) in [6, 6.07) is 0.255. The Morgan fingerprint density at radius 1 is 1.69 bits per heavy atom. The Kier molecular flexibility index (Phi) is 3.00. The summed E-state index contributed by atoms with van der Waals surface area (Å²) in [5, 5.41) is 2.99. The Balaban J connectivity index is 2.73. The zero-order valence-electron chi connectivity index (χ0n) is 7.71. The van der Waals surface area contributed by atoms with Crippen LogP contribution in [0.5, 0.6) is 0 Å². The van der Waals surface area contributed by atoms with Crippen molar-refractivity contribution in [1.29, 1.82) is 0 Å². The maximum absolute atomic E-state index is 12.6. The molecule has 13 heavy (non-hydrogen) atoms. The van der Waals surface area contributed by atoms with Gasteiger partial charge in [-0.2, -0.15) is 4.98 Å². The molecule has 1 rings (SSSR count). The van der Waals surface area contributed by atoms with Crippen molar-refractivity contribution in [2.45, 2.75) is 26.3 Å². The van der Waals surface area contributed by atoms with E-state index in [9.17, 15) is 4.39 Å². The summed E-state index contributed by atoms with van der Waals surface area (Å²) in [4.78, 5) is 7.49. The summed E-state index contributed by atoms with van der Waals surface area (Å²) >= 11 is 0. The van der Waals surface area contributed by atoms with Crippen molar-refractivity contribution in [3.63, 3.8) is 0 Å². The zero-order valence-corrected chi connectivity index (χ0v) is 7.71. The van der Waals surface area contributed by atoms with Crippen LogP contribution in [-0.2, 0) is 0 Å². The van der Waals surface area contributed by atoms with Crippen molar-refractivity contribution >= 4 is 11.8 Å². The first-order valence-corrected chi connectivity index (χ1v) is 4.18. The van der Waals surface area contributed by atoms with Crippen molar-refractivity contribution in [3.8, 4) is 0 Å². The molecule has 0 aliphatic carbocycles. The standard InChI is InChI=1S/C8H13FN4/c1-3-5(2)12-8-11-4-6(9)7(10)13-8/h4-5H,3H2,1-2H3,(H3,10,11,12,13). The number of nitrogen functional groups attached to an aromatic ring is 1. The van der Waals surface area contributed by atoms with Crippen molar-refractivity contribution in [1.82, 2.24) is 9.97 Å². The molecule has 72 valence electrons. The van der Waals surface area contributed by atoms with Crippen LogP contribution >= 0.6 is 0 Å². The third kappa shape index (κ3) is 2.54. The molecule has 0 aliphatic heterocycles. The van der Waals surface area contributed by atoms with Gasteiger partial charge in [-0.3, -0.25) is 0 Å². The highest BCUT2D eigenvalue weighted by Gasteiger charge is 2.04. The summed E-state index contributed by atoms with van der Waals surface area (Å²) < 4.78 is 12.6. The molecule has 4 nitrogen and oxygen atoms in total. The maximum atomic E-state index is 12.6. The van der Waals surface area contributed by atoms with Crippen LogP contribution in [0.25, 0.3) is 0 Å². The van der Waals surface area contributed by atoms with E-state index in [0.29, 0.717) is 5.95 Å². The van der Waals surface area contributed by atoms with Crippen molar-refractivity contribution < 1.29 is 4.39 Å². The van der Waals surface area contributed by atoms with E-state index in [2.05, 4.69) is 15.3 Å².